The van der Waals surface area contributed by atoms with E-state index in [1.807, 2.05) is 6.08 Å². The minimum absolute atomic E-state index is 0.302. The topological polar surface area (TPSA) is 44.8 Å². The first-order valence-corrected chi connectivity index (χ1v) is 3.93. The van der Waals surface area contributed by atoms with E-state index in [0.29, 0.717) is 13.2 Å². The number of allylic oxidation sites excluding steroid dienone is 1. The molecule has 0 saturated carbocycles. The third-order valence-electron chi connectivity index (χ3n) is 2.09. The van der Waals surface area contributed by atoms with Gasteiger partial charge in [0.25, 0.3) is 0 Å². The van der Waals surface area contributed by atoms with E-state index in [-0.39, 0.29) is 0 Å². The van der Waals surface area contributed by atoms with Crippen LogP contribution in [0.5, 0.6) is 0 Å². The number of hydrogen-bond acceptors (Lipinski definition) is 4. The van der Waals surface area contributed by atoms with Gasteiger partial charge in [-0.25, -0.2) is 4.79 Å². The van der Waals surface area contributed by atoms with Crippen molar-refractivity contribution in [3.63, 3.8) is 0 Å². The number of ether oxygens (including phenoxy) is 3. The second-order valence-corrected chi connectivity index (χ2v) is 3.04. The van der Waals surface area contributed by atoms with Crippen LogP contribution in [0.1, 0.15) is 12.8 Å². The molecule has 12 heavy (non-hydrogen) atoms. The molecule has 2 heterocycles. The average molecular weight is 170 g/mol. The SMILES string of the molecule is O=C1OCC2(CCC=CO2)CO1. The largest absolute Gasteiger partial charge is 0.508 e. The maximum atomic E-state index is 10.6. The van der Waals surface area contributed by atoms with Crippen molar-refractivity contribution in [2.45, 2.75) is 18.4 Å². The highest BCUT2D eigenvalue weighted by Crippen LogP contribution is 2.27. The fourth-order valence-electron chi connectivity index (χ4n) is 1.34. The van der Waals surface area contributed by atoms with E-state index in [4.69, 9.17) is 14.2 Å². The molecule has 4 heteroatoms. The standard InChI is InChI=1S/C8H10O4/c9-7-10-5-8(6-11-7)3-1-2-4-12-8/h2,4H,1,3,5-6H2. The number of carbonyl (C=O) groups excluding carboxylic acids is 1. The highest BCUT2D eigenvalue weighted by atomic mass is 16.7. The third kappa shape index (κ3) is 1.24. The highest BCUT2D eigenvalue weighted by Gasteiger charge is 2.39. The summed E-state index contributed by atoms with van der Waals surface area (Å²) >= 11 is 0. The quantitative estimate of drug-likeness (QED) is 0.513. The molecule has 4 nitrogen and oxygen atoms in total. The van der Waals surface area contributed by atoms with Crippen molar-refractivity contribution in [3.05, 3.63) is 12.3 Å². The molecule has 0 aromatic rings. The number of rotatable bonds is 0. The molecule has 2 aliphatic rings. The molecular formula is C8H10O4. The van der Waals surface area contributed by atoms with Gasteiger partial charge in [0.2, 0.25) is 0 Å². The van der Waals surface area contributed by atoms with Gasteiger partial charge in [0.1, 0.15) is 13.2 Å². The van der Waals surface area contributed by atoms with Crippen molar-refractivity contribution < 1.29 is 19.0 Å². The van der Waals surface area contributed by atoms with E-state index in [1.54, 1.807) is 6.26 Å². The lowest BCUT2D eigenvalue weighted by atomic mass is 9.97. The lowest BCUT2D eigenvalue weighted by Gasteiger charge is -2.36. The molecule has 0 aromatic carbocycles. The van der Waals surface area contributed by atoms with Gasteiger partial charge in [0.15, 0.2) is 5.60 Å². The molecule has 0 amide bonds. The maximum Gasteiger partial charge on any atom is 0.508 e. The fourth-order valence-corrected chi connectivity index (χ4v) is 1.34. The minimum Gasteiger partial charge on any atom is -0.488 e. The van der Waals surface area contributed by atoms with Gasteiger partial charge < -0.3 is 14.2 Å². The van der Waals surface area contributed by atoms with Crippen molar-refractivity contribution in [1.29, 1.82) is 0 Å². The van der Waals surface area contributed by atoms with Crippen LogP contribution in [0.25, 0.3) is 0 Å². The van der Waals surface area contributed by atoms with Crippen LogP contribution in [-0.2, 0) is 14.2 Å². The molecular weight excluding hydrogens is 160 g/mol. The smallest absolute Gasteiger partial charge is 0.488 e. The Morgan fingerprint density at radius 2 is 2.08 bits per heavy atom. The van der Waals surface area contributed by atoms with E-state index in [1.165, 1.54) is 0 Å². The van der Waals surface area contributed by atoms with Gasteiger partial charge in [-0.3, -0.25) is 0 Å². The summed E-state index contributed by atoms with van der Waals surface area (Å²) in [5, 5.41) is 0. The van der Waals surface area contributed by atoms with Crippen LogP contribution in [0.3, 0.4) is 0 Å². The molecule has 0 unspecified atom stereocenters. The predicted octanol–water partition coefficient (Wildman–Crippen LogP) is 1.22. The Morgan fingerprint density at radius 1 is 1.33 bits per heavy atom. The first kappa shape index (κ1) is 7.46. The predicted molar refractivity (Wildman–Crippen MR) is 39.5 cm³/mol. The Labute approximate surface area is 70.1 Å². The van der Waals surface area contributed by atoms with Crippen LogP contribution in [0, 0.1) is 0 Å². The molecule has 0 N–H and O–H groups in total. The van der Waals surface area contributed by atoms with Gasteiger partial charge in [-0.1, -0.05) is 0 Å². The van der Waals surface area contributed by atoms with Gasteiger partial charge in [-0.15, -0.1) is 0 Å². The summed E-state index contributed by atoms with van der Waals surface area (Å²) in [6.45, 7) is 0.604. The van der Waals surface area contributed by atoms with E-state index in [2.05, 4.69) is 0 Å². The minimum atomic E-state index is -0.598. The first-order chi connectivity index (χ1) is 5.81. The van der Waals surface area contributed by atoms with Gasteiger partial charge in [-0.2, -0.15) is 0 Å². The number of hydrogen-bond donors (Lipinski definition) is 0. The zero-order valence-electron chi connectivity index (χ0n) is 6.62. The zero-order valence-corrected chi connectivity index (χ0v) is 6.62. The summed E-state index contributed by atoms with van der Waals surface area (Å²) in [5.41, 5.74) is -0.414. The van der Waals surface area contributed by atoms with Crippen LogP contribution in [0.2, 0.25) is 0 Å². The lowest BCUT2D eigenvalue weighted by Crippen LogP contribution is -2.47. The van der Waals surface area contributed by atoms with Gasteiger partial charge in [-0.05, 0) is 18.9 Å². The fraction of sp³-hybridized carbons (Fsp3) is 0.625. The van der Waals surface area contributed by atoms with E-state index in [9.17, 15) is 4.79 Å². The van der Waals surface area contributed by atoms with Crippen molar-refractivity contribution in [2.75, 3.05) is 13.2 Å². The average Bonchev–Trinajstić information content (AvgIpc) is 2.13. The molecule has 2 rings (SSSR count). The maximum absolute atomic E-state index is 10.6. The molecule has 0 bridgehead atoms. The number of carbonyl (C=O) groups is 1. The second kappa shape index (κ2) is 2.69. The Kier molecular flexibility index (Phi) is 1.67. The summed E-state index contributed by atoms with van der Waals surface area (Å²) in [6.07, 6.45) is 4.78. The van der Waals surface area contributed by atoms with Crippen LogP contribution < -0.4 is 0 Å². The Hall–Kier alpha value is -1.19. The van der Waals surface area contributed by atoms with Gasteiger partial charge in [0.05, 0.1) is 6.26 Å². The number of cyclic esters (lactones) is 2. The van der Waals surface area contributed by atoms with Crippen LogP contribution in [0.15, 0.2) is 12.3 Å². The molecule has 0 atom stereocenters. The molecule has 0 radical (unpaired) electrons. The molecule has 1 fully saturated rings. The van der Waals surface area contributed by atoms with Gasteiger partial charge >= 0.3 is 6.16 Å². The van der Waals surface area contributed by atoms with Crippen LogP contribution in [-0.4, -0.2) is 25.0 Å². The Morgan fingerprint density at radius 3 is 2.67 bits per heavy atom. The molecule has 0 aliphatic carbocycles. The van der Waals surface area contributed by atoms with Crippen molar-refractivity contribution in [2.24, 2.45) is 0 Å². The summed E-state index contributed by atoms with van der Waals surface area (Å²) in [7, 11) is 0. The first-order valence-electron chi connectivity index (χ1n) is 3.93. The normalized spacial score (nSPS) is 25.8. The molecule has 1 saturated heterocycles. The van der Waals surface area contributed by atoms with Crippen molar-refractivity contribution >= 4 is 6.16 Å². The molecule has 66 valence electrons. The van der Waals surface area contributed by atoms with E-state index < -0.39 is 11.8 Å². The zero-order chi connectivity index (χ0) is 8.44. The Bertz CT molecular complexity index is 211. The molecule has 1 spiro atoms. The van der Waals surface area contributed by atoms with Crippen molar-refractivity contribution in [1.82, 2.24) is 0 Å². The molecule has 0 aromatic heterocycles. The second-order valence-electron chi connectivity index (χ2n) is 3.04. The van der Waals surface area contributed by atoms with Crippen molar-refractivity contribution in [3.8, 4) is 0 Å². The summed E-state index contributed by atoms with van der Waals surface area (Å²) in [4.78, 5) is 10.6. The summed E-state index contributed by atoms with van der Waals surface area (Å²) in [6, 6.07) is 0. The van der Waals surface area contributed by atoms with E-state index in [0.717, 1.165) is 12.8 Å². The third-order valence-corrected chi connectivity index (χ3v) is 2.09. The molecule has 2 aliphatic heterocycles. The highest BCUT2D eigenvalue weighted by molar-refractivity contribution is 5.60. The van der Waals surface area contributed by atoms with E-state index >= 15 is 0 Å². The van der Waals surface area contributed by atoms with Crippen LogP contribution in [0.4, 0.5) is 4.79 Å². The summed E-state index contributed by atoms with van der Waals surface area (Å²) < 4.78 is 14.9. The monoisotopic (exact) mass is 170 g/mol. The Balaban J connectivity index is 2.02. The van der Waals surface area contributed by atoms with Crippen LogP contribution >= 0.6 is 0 Å². The lowest BCUT2D eigenvalue weighted by molar-refractivity contribution is -0.130. The summed E-state index contributed by atoms with van der Waals surface area (Å²) in [5.74, 6) is 0. The van der Waals surface area contributed by atoms with Gasteiger partial charge in [0, 0.05) is 0 Å².